The van der Waals surface area contributed by atoms with E-state index in [1.165, 1.54) is 32.8 Å². The van der Waals surface area contributed by atoms with Crippen molar-refractivity contribution in [1.29, 1.82) is 0 Å². The van der Waals surface area contributed by atoms with Crippen LogP contribution in [0.25, 0.3) is 32.8 Å². The summed E-state index contributed by atoms with van der Waals surface area (Å²) in [5.41, 5.74) is 16.6. The molecule has 0 saturated heterocycles. The van der Waals surface area contributed by atoms with Crippen molar-refractivity contribution in [3.8, 4) is 11.1 Å². The van der Waals surface area contributed by atoms with E-state index in [0.29, 0.717) is 0 Å². The number of nitrogens with two attached hydrogens (primary N) is 1. The molecule has 0 bridgehead atoms. The molecule has 0 aliphatic rings. The highest BCUT2D eigenvalue weighted by Gasteiger charge is 2.32. The van der Waals surface area contributed by atoms with Gasteiger partial charge in [-0.1, -0.05) is 135 Å². The quantitative estimate of drug-likeness (QED) is 0.113. The van der Waals surface area contributed by atoms with Crippen LogP contribution >= 0.6 is 0 Å². The Hall–Kier alpha value is -4.62. The zero-order valence-electron chi connectivity index (χ0n) is 23.3. The maximum Gasteiger partial charge on any atom is 0.0533 e. The van der Waals surface area contributed by atoms with E-state index in [1.54, 1.807) is 0 Å². The molecule has 2 unspecified atom stereocenters. The minimum Gasteiger partial charge on any atom is -0.361 e. The Morgan fingerprint density at radius 2 is 1.70 bits per heavy atom. The second-order valence-corrected chi connectivity index (χ2v) is 10.4. The largest absolute Gasteiger partial charge is 0.361 e. The molecule has 0 fully saturated rings. The summed E-state index contributed by atoms with van der Waals surface area (Å²) in [5, 5.41) is 3.64. The Labute approximate surface area is 237 Å². The Bertz CT molecular complexity index is 1760. The molecule has 0 aliphatic heterocycles. The van der Waals surface area contributed by atoms with Crippen LogP contribution in [-0.4, -0.2) is 4.98 Å². The number of aromatic amines is 1. The van der Waals surface area contributed by atoms with Gasteiger partial charge in [0.2, 0.25) is 0 Å². The van der Waals surface area contributed by atoms with Crippen LogP contribution in [0.2, 0.25) is 0 Å². The van der Waals surface area contributed by atoms with Crippen LogP contribution in [0, 0.1) is 0 Å². The van der Waals surface area contributed by atoms with Gasteiger partial charge < -0.3 is 10.7 Å². The van der Waals surface area contributed by atoms with E-state index in [0.717, 1.165) is 23.1 Å². The van der Waals surface area contributed by atoms with Gasteiger partial charge in [-0.15, -0.1) is 5.73 Å². The zero-order valence-corrected chi connectivity index (χ0v) is 23.3. The molecule has 0 spiro atoms. The van der Waals surface area contributed by atoms with Crippen LogP contribution in [0.15, 0.2) is 152 Å². The van der Waals surface area contributed by atoms with E-state index in [1.807, 2.05) is 37.4 Å². The lowest BCUT2D eigenvalue weighted by atomic mass is 9.72. The summed E-state index contributed by atoms with van der Waals surface area (Å²) in [6.07, 6.45) is 15.3. The van der Waals surface area contributed by atoms with Gasteiger partial charge in [-0.3, -0.25) is 0 Å². The maximum atomic E-state index is 7.14. The fourth-order valence-electron chi connectivity index (χ4n) is 5.36. The molecule has 4 aromatic carbocycles. The third kappa shape index (κ3) is 5.55. The van der Waals surface area contributed by atoms with E-state index < -0.39 is 5.41 Å². The van der Waals surface area contributed by atoms with Crippen molar-refractivity contribution in [2.75, 3.05) is 0 Å². The van der Waals surface area contributed by atoms with Gasteiger partial charge in [-0.05, 0) is 57.8 Å². The third-order valence-electron chi connectivity index (χ3n) is 7.82. The summed E-state index contributed by atoms with van der Waals surface area (Å²) in [4.78, 5) is 3.38. The first-order valence-corrected chi connectivity index (χ1v) is 13.8. The van der Waals surface area contributed by atoms with Crippen LogP contribution in [-0.2, 0) is 5.41 Å². The third-order valence-corrected chi connectivity index (χ3v) is 7.82. The summed E-state index contributed by atoms with van der Waals surface area (Å²) in [5.74, 6) is 0. The van der Waals surface area contributed by atoms with Crippen LogP contribution in [0.1, 0.15) is 37.4 Å². The number of hydrogen-bond acceptors (Lipinski definition) is 1. The Kier molecular flexibility index (Phi) is 8.12. The first-order valence-electron chi connectivity index (χ1n) is 13.8. The van der Waals surface area contributed by atoms with Crippen molar-refractivity contribution >= 4 is 21.7 Å². The number of para-hydroxylation sites is 1. The summed E-state index contributed by atoms with van der Waals surface area (Å²) < 4.78 is 0. The Balaban J connectivity index is 1.51. The van der Waals surface area contributed by atoms with Gasteiger partial charge in [0, 0.05) is 23.2 Å². The number of hydrogen-bond donors (Lipinski definition) is 2. The monoisotopic (exact) mass is 520 g/mol. The summed E-state index contributed by atoms with van der Waals surface area (Å²) in [7, 11) is 0. The predicted octanol–water partition coefficient (Wildman–Crippen LogP) is 9.74. The number of fused-ring (bicyclic) bond motifs is 2. The molecule has 40 heavy (non-hydrogen) atoms. The van der Waals surface area contributed by atoms with Gasteiger partial charge >= 0.3 is 0 Å². The van der Waals surface area contributed by atoms with E-state index in [-0.39, 0.29) is 6.04 Å². The lowest BCUT2D eigenvalue weighted by Gasteiger charge is -2.34. The number of aromatic nitrogens is 1. The van der Waals surface area contributed by atoms with Gasteiger partial charge in [-0.25, -0.2) is 0 Å². The van der Waals surface area contributed by atoms with Crippen LogP contribution in [0.5, 0.6) is 0 Å². The molecule has 198 valence electrons. The van der Waals surface area contributed by atoms with Crippen molar-refractivity contribution in [1.82, 2.24) is 4.98 Å². The average molecular weight is 521 g/mol. The Morgan fingerprint density at radius 1 is 0.925 bits per heavy atom. The van der Waals surface area contributed by atoms with Gasteiger partial charge in [0.25, 0.3) is 0 Å². The summed E-state index contributed by atoms with van der Waals surface area (Å²) in [6, 6.07) is 32.1. The highest BCUT2D eigenvalue weighted by molar-refractivity contribution is 5.94. The number of rotatable bonds is 9. The zero-order chi connectivity index (χ0) is 28.0. The van der Waals surface area contributed by atoms with Crippen LogP contribution in [0.4, 0.5) is 0 Å². The minimum absolute atomic E-state index is 0.255. The maximum absolute atomic E-state index is 7.14. The Morgan fingerprint density at radius 3 is 2.48 bits per heavy atom. The van der Waals surface area contributed by atoms with Gasteiger partial charge in [0.1, 0.15) is 0 Å². The molecule has 0 amide bonds. The smallest absolute Gasteiger partial charge is 0.0533 e. The van der Waals surface area contributed by atoms with E-state index >= 15 is 0 Å². The van der Waals surface area contributed by atoms with Crippen molar-refractivity contribution < 1.29 is 0 Å². The molecule has 2 nitrogen and oxygen atoms in total. The number of benzene rings is 4. The van der Waals surface area contributed by atoms with Crippen molar-refractivity contribution in [3.05, 3.63) is 163 Å². The average Bonchev–Trinajstić information content (AvgIpc) is 3.49. The summed E-state index contributed by atoms with van der Waals surface area (Å²) >= 11 is 0. The number of nitrogens with one attached hydrogen (secondary N) is 1. The molecule has 3 N–H and O–H groups in total. The molecule has 0 aliphatic carbocycles. The van der Waals surface area contributed by atoms with Gasteiger partial charge in [0.05, 0.1) is 5.52 Å². The first kappa shape index (κ1) is 27.0. The number of allylic oxidation sites excluding steroid dienone is 6. The van der Waals surface area contributed by atoms with Crippen LogP contribution < -0.4 is 5.73 Å². The highest BCUT2D eigenvalue weighted by atomic mass is 14.7. The summed E-state index contributed by atoms with van der Waals surface area (Å²) in [6.45, 7) is 8.12. The standard InChI is InChI=1S/C38H36N2/c1-4-6-7-12-28(5-2)13-11-25-38(3,34-23-22-29-14-8-9-15-33(29)27-34)37(39)32-20-18-30(19-21-32)35-17-10-16-31-24-26-40-36(31)35/h4,6-12,14-27,37,40H,2,13,39H2,1,3H3/b6-4-,12-7-,25-11?. The van der Waals surface area contributed by atoms with Crippen molar-refractivity contribution in [2.24, 2.45) is 5.73 Å². The molecule has 1 heterocycles. The molecule has 5 aromatic rings. The molecular weight excluding hydrogens is 484 g/mol. The molecule has 1 aromatic heterocycles. The second-order valence-electron chi connectivity index (χ2n) is 10.4. The molecule has 2 atom stereocenters. The first-order chi connectivity index (χ1) is 19.5. The van der Waals surface area contributed by atoms with Gasteiger partial charge in [-0.2, -0.15) is 0 Å². The SMILES string of the molecule is C=C=C(/C=C\C=C/C)CC=CC(C)(c1ccc2ccccc2c1)C(N)c1ccc(-c2cccc3cc[nH]c23)cc1. The molecule has 5 rings (SSSR count). The molecular formula is C38H36N2. The number of H-pyrrole nitrogens is 1. The molecule has 0 saturated carbocycles. The molecule has 0 radical (unpaired) electrons. The lowest BCUT2D eigenvalue weighted by molar-refractivity contribution is 0.473. The lowest BCUT2D eigenvalue weighted by Crippen LogP contribution is -2.34. The van der Waals surface area contributed by atoms with E-state index in [9.17, 15) is 0 Å². The van der Waals surface area contributed by atoms with E-state index in [2.05, 4.69) is 127 Å². The second kappa shape index (κ2) is 12.1. The normalized spacial score (nSPS) is 14.3. The van der Waals surface area contributed by atoms with Gasteiger partial charge in [0.15, 0.2) is 0 Å². The van der Waals surface area contributed by atoms with Crippen molar-refractivity contribution in [2.45, 2.75) is 31.7 Å². The van der Waals surface area contributed by atoms with Crippen LogP contribution in [0.3, 0.4) is 0 Å². The minimum atomic E-state index is -0.440. The van der Waals surface area contributed by atoms with Crippen molar-refractivity contribution in [3.63, 3.8) is 0 Å². The molecule has 2 heteroatoms. The fraction of sp³-hybridized carbons (Fsp3) is 0.132. The van der Waals surface area contributed by atoms with E-state index in [4.69, 9.17) is 5.73 Å². The fourth-order valence-corrected chi connectivity index (χ4v) is 5.36. The highest BCUT2D eigenvalue weighted by Crippen LogP contribution is 2.39. The predicted molar refractivity (Wildman–Crippen MR) is 172 cm³/mol. The topological polar surface area (TPSA) is 41.8 Å².